The van der Waals surface area contributed by atoms with Gasteiger partial charge in [-0.25, -0.2) is 4.98 Å². The topological polar surface area (TPSA) is 439 Å². The molecule has 0 radical (unpaired) electrons. The van der Waals surface area contributed by atoms with Gasteiger partial charge in [0.2, 0.25) is 59.1 Å². The number of nitrogens with zero attached hydrogens (tertiary/aromatic N) is 4. The highest BCUT2D eigenvalue weighted by atomic mass is 16.3. The molecule has 17 N–H and O–H groups in total. The van der Waals surface area contributed by atoms with E-state index in [1.54, 1.807) is 31.5 Å². The average molecular weight is 1300 g/mol. The highest BCUT2D eigenvalue weighted by Gasteiger charge is 2.41. The van der Waals surface area contributed by atoms with Crippen molar-refractivity contribution < 1.29 is 58.2 Å². The van der Waals surface area contributed by atoms with Crippen molar-refractivity contribution in [1.29, 1.82) is 0 Å². The molecular formula is C65H85N17O12. The molecule has 2 aliphatic rings. The lowest BCUT2D eigenvalue weighted by Crippen LogP contribution is -2.62. The van der Waals surface area contributed by atoms with Gasteiger partial charge in [-0.05, 0) is 92.3 Å². The van der Waals surface area contributed by atoms with Gasteiger partial charge in [0.1, 0.15) is 60.1 Å². The number of hydrogen-bond acceptors (Lipinski definition) is 14. The molecule has 2 aliphatic heterocycles. The zero-order valence-corrected chi connectivity index (χ0v) is 53.0. The smallest absolute Gasteiger partial charge is 0.245 e. The number of benzene rings is 3. The number of likely N-dealkylation sites (tertiary alicyclic amines) is 1. The van der Waals surface area contributed by atoms with Gasteiger partial charge in [-0.1, -0.05) is 62.4 Å². The minimum Gasteiger partial charge on any atom is -0.508 e. The van der Waals surface area contributed by atoms with Crippen LogP contribution in [0.2, 0.25) is 0 Å². The number of rotatable bonds is 32. The Hall–Kier alpha value is -10.3. The lowest BCUT2D eigenvalue weighted by Gasteiger charge is -2.32. The highest BCUT2D eigenvalue weighted by molar-refractivity contribution is 6.00. The first kappa shape index (κ1) is 69.6. The van der Waals surface area contributed by atoms with E-state index in [0.29, 0.717) is 58.1 Å². The van der Waals surface area contributed by atoms with E-state index in [2.05, 4.69) is 67.5 Å². The number of nitrogens with two attached hydrogens (primary N) is 2. The van der Waals surface area contributed by atoms with Crippen molar-refractivity contribution in [2.75, 3.05) is 33.3 Å². The van der Waals surface area contributed by atoms with Crippen molar-refractivity contribution in [1.82, 2.24) is 72.3 Å². The normalized spacial score (nSPS) is 16.7. The van der Waals surface area contributed by atoms with Crippen LogP contribution in [-0.4, -0.2) is 193 Å². The zero-order chi connectivity index (χ0) is 67.6. The van der Waals surface area contributed by atoms with Crippen molar-refractivity contribution in [3.63, 3.8) is 0 Å². The van der Waals surface area contributed by atoms with Crippen LogP contribution in [0.4, 0.5) is 0 Å². The molecule has 0 aliphatic carbocycles. The summed E-state index contributed by atoms with van der Waals surface area (Å²) in [5.74, 6) is -7.43. The van der Waals surface area contributed by atoms with Gasteiger partial charge >= 0.3 is 0 Å². The average Bonchev–Trinajstić information content (AvgIpc) is 1.57. The summed E-state index contributed by atoms with van der Waals surface area (Å²) < 4.78 is 0. The maximum atomic E-state index is 15.2. The number of aromatic amines is 3. The van der Waals surface area contributed by atoms with E-state index < -0.39 is 108 Å². The molecule has 502 valence electrons. The lowest BCUT2D eigenvalue weighted by atomic mass is 9.99. The fourth-order valence-corrected chi connectivity index (χ4v) is 11.8. The molecule has 6 aromatic rings. The number of imidazole rings is 1. The SMILES string of the molecule is CCNC(=O)[C@H]1CCCN1C(=O)[C@H](CCCN=C(N)N)NC(=O)[C@H](CC(C)C)NC(=O)[C@@H](Cc1c[nH]c2ccccc12)NC(=O)[C@H](Cc1ccc(O)cc1)NC(=O)[C@H](CO)N(C)C(=O)[C@H](Cc1c[nH]c2ccccc12)NC(=O)[C@H](Cc1cnc[nH]1)NC(=O)[C@@H]1CCC(=O)N1. The summed E-state index contributed by atoms with van der Waals surface area (Å²) in [6, 6.07) is 8.56. The molecule has 3 aromatic carbocycles. The molecule has 29 heteroatoms. The molecule has 8 rings (SSSR count). The predicted molar refractivity (Wildman–Crippen MR) is 347 cm³/mol. The van der Waals surface area contributed by atoms with Crippen LogP contribution in [0.1, 0.15) is 88.1 Å². The number of fused-ring (bicyclic) bond motifs is 2. The molecule has 2 fully saturated rings. The third kappa shape index (κ3) is 18.5. The largest absolute Gasteiger partial charge is 0.508 e. The Morgan fingerprint density at radius 3 is 1.86 bits per heavy atom. The predicted octanol–water partition coefficient (Wildman–Crippen LogP) is -0.418. The first-order valence-corrected chi connectivity index (χ1v) is 31.6. The number of aromatic hydroxyl groups is 1. The van der Waals surface area contributed by atoms with E-state index >= 15 is 14.4 Å². The molecule has 2 saturated heterocycles. The molecule has 5 heterocycles. The molecular weight excluding hydrogens is 1210 g/mol. The van der Waals surface area contributed by atoms with E-state index in [9.17, 15) is 43.8 Å². The number of carbonyl (C=O) groups is 10. The zero-order valence-electron chi connectivity index (χ0n) is 53.0. The van der Waals surface area contributed by atoms with Crippen molar-refractivity contribution in [3.05, 3.63) is 120 Å². The van der Waals surface area contributed by atoms with Gasteiger partial charge in [-0.3, -0.25) is 52.9 Å². The van der Waals surface area contributed by atoms with Gasteiger partial charge in [-0.15, -0.1) is 0 Å². The van der Waals surface area contributed by atoms with E-state index in [1.165, 1.54) is 48.7 Å². The number of guanidine groups is 1. The molecule has 3 aromatic heterocycles. The molecule has 94 heavy (non-hydrogen) atoms. The second-order valence-corrected chi connectivity index (χ2v) is 24.1. The summed E-state index contributed by atoms with van der Waals surface area (Å²) in [6.45, 7) is 5.17. The third-order valence-corrected chi connectivity index (χ3v) is 16.8. The van der Waals surface area contributed by atoms with Crippen molar-refractivity contribution in [2.45, 2.75) is 146 Å². The third-order valence-electron chi connectivity index (χ3n) is 16.8. The quantitative estimate of drug-likeness (QED) is 0.0145. The van der Waals surface area contributed by atoms with Crippen molar-refractivity contribution in [3.8, 4) is 5.75 Å². The van der Waals surface area contributed by atoms with Gasteiger partial charge in [-0.2, -0.15) is 0 Å². The molecule has 29 nitrogen and oxygen atoms in total. The van der Waals surface area contributed by atoms with Gasteiger partial charge in [0.05, 0.1) is 12.9 Å². The summed E-state index contributed by atoms with van der Waals surface area (Å²) in [7, 11) is 1.24. The lowest BCUT2D eigenvalue weighted by molar-refractivity contribution is -0.144. The van der Waals surface area contributed by atoms with E-state index in [4.69, 9.17) is 11.5 Å². The Morgan fingerprint density at radius 2 is 1.28 bits per heavy atom. The molecule has 0 spiro atoms. The number of H-pyrrole nitrogens is 3. The number of aliphatic hydroxyl groups excluding tert-OH is 1. The fraction of sp³-hybridized carbons (Fsp3) is 0.446. The van der Waals surface area contributed by atoms with Crippen molar-refractivity contribution >= 4 is 86.8 Å². The molecule has 10 amide bonds. The number of phenolic OH excluding ortho intramolecular Hbond substituents is 1. The number of hydrogen-bond donors (Lipinski definition) is 15. The number of phenols is 1. The van der Waals surface area contributed by atoms with Gasteiger partial charge in [0.15, 0.2) is 5.96 Å². The monoisotopic (exact) mass is 1300 g/mol. The van der Waals surface area contributed by atoms with Crippen LogP contribution in [0.15, 0.2) is 103 Å². The number of aliphatic imine (C=N–C) groups is 1. The van der Waals surface area contributed by atoms with Crippen LogP contribution >= 0.6 is 0 Å². The summed E-state index contributed by atoms with van der Waals surface area (Å²) in [6.07, 6.45) is 7.15. The highest BCUT2D eigenvalue weighted by Crippen LogP contribution is 2.24. The Labute approximate surface area is 542 Å². The Bertz CT molecular complexity index is 3680. The van der Waals surface area contributed by atoms with Crippen LogP contribution < -0.4 is 54.0 Å². The Morgan fingerprint density at radius 1 is 0.702 bits per heavy atom. The van der Waals surface area contributed by atoms with E-state index in [-0.39, 0.29) is 100 Å². The van der Waals surface area contributed by atoms with Crippen molar-refractivity contribution in [2.24, 2.45) is 22.4 Å². The molecule has 0 bridgehead atoms. The van der Waals surface area contributed by atoms with E-state index in [0.717, 1.165) is 10.4 Å². The minimum absolute atomic E-state index is 0.0652. The summed E-state index contributed by atoms with van der Waals surface area (Å²) >= 11 is 0. The van der Waals surface area contributed by atoms with Crippen LogP contribution in [0, 0.1) is 5.92 Å². The number of para-hydroxylation sites is 2. The van der Waals surface area contributed by atoms with Crippen LogP contribution in [0.3, 0.4) is 0 Å². The van der Waals surface area contributed by atoms with E-state index in [1.807, 2.05) is 50.2 Å². The number of likely N-dealkylation sites (N-methyl/N-ethyl adjacent to an activating group) is 2. The maximum absolute atomic E-state index is 15.2. The number of aliphatic hydroxyl groups is 1. The van der Waals surface area contributed by atoms with Gasteiger partial charge in [0, 0.05) is 105 Å². The Kier molecular flexibility index (Phi) is 24.3. The number of nitrogens with one attached hydrogen (secondary N) is 11. The summed E-state index contributed by atoms with van der Waals surface area (Å²) in [5, 5.41) is 44.9. The standard InChI is InChI=1S/C65H85N17O12/c1-5-69-61(91)53-17-11-25-82(53)64(94)47(16-10-24-70-65(66)67)75-57(87)48(26-36(2)3)76-59(89)50(28-38-31-71-44-14-8-6-12-42(38)44)77-58(88)49(27-37-18-20-41(84)21-19-37)79-62(92)54(34-83)81(4)63(93)52(29-39-32-72-45-15-9-7-13-43(39)45)80-60(90)51(30-40-33-68-35-73-40)78-56(86)46-22-23-55(85)74-46/h6-9,12-15,18-21,31-33,35-36,46-54,71-72,83-84H,5,10-11,16-17,22-30,34H2,1-4H3,(H,68,73)(H,69,91)(H,74,85)(H,75,87)(H,76,89)(H,77,88)(H,78,86)(H,79,92)(H,80,90)(H4,66,67,70)/t46-,47-,48-,49-,50+,51-,52-,53+,54-/m0/s1. The summed E-state index contributed by atoms with van der Waals surface area (Å²) in [5.41, 5.74) is 14.7. The van der Waals surface area contributed by atoms with Crippen LogP contribution in [-0.2, 0) is 73.6 Å². The summed E-state index contributed by atoms with van der Waals surface area (Å²) in [4.78, 5) is 162. The first-order chi connectivity index (χ1) is 45.1. The second-order valence-electron chi connectivity index (χ2n) is 24.1. The maximum Gasteiger partial charge on any atom is 0.245 e. The molecule has 9 atom stereocenters. The van der Waals surface area contributed by atoms with Gasteiger partial charge in [0.25, 0.3) is 0 Å². The first-order valence-electron chi connectivity index (χ1n) is 31.6. The second kappa shape index (κ2) is 32.8. The fourth-order valence-electron chi connectivity index (χ4n) is 11.8. The number of aromatic nitrogens is 4. The molecule has 0 unspecified atom stereocenters. The van der Waals surface area contributed by atoms with Crippen LogP contribution in [0.25, 0.3) is 21.8 Å². The minimum atomic E-state index is -1.73. The van der Waals surface area contributed by atoms with Crippen LogP contribution in [0.5, 0.6) is 5.75 Å². The molecule has 0 saturated carbocycles. The number of amides is 10. The Balaban J connectivity index is 1.07. The van der Waals surface area contributed by atoms with Gasteiger partial charge < -0.3 is 89.0 Å². The number of carbonyl (C=O) groups excluding carboxylic acids is 10.